The zero-order valence-electron chi connectivity index (χ0n) is 8.57. The molecular formula is C10H17N3O. The molecule has 1 saturated heterocycles. The summed E-state index contributed by atoms with van der Waals surface area (Å²) in [7, 11) is 1.99. The van der Waals surface area contributed by atoms with E-state index in [1.54, 1.807) is 6.33 Å². The Bertz CT molecular complexity index is 279. The molecule has 1 unspecified atom stereocenters. The van der Waals surface area contributed by atoms with E-state index in [2.05, 4.69) is 10.3 Å². The summed E-state index contributed by atoms with van der Waals surface area (Å²) in [6.45, 7) is 2.61. The van der Waals surface area contributed by atoms with E-state index in [4.69, 9.17) is 4.74 Å². The summed E-state index contributed by atoms with van der Waals surface area (Å²) >= 11 is 0. The van der Waals surface area contributed by atoms with Crippen molar-refractivity contribution >= 4 is 0 Å². The molecule has 14 heavy (non-hydrogen) atoms. The molecule has 0 radical (unpaired) electrons. The molecule has 0 spiro atoms. The summed E-state index contributed by atoms with van der Waals surface area (Å²) in [4.78, 5) is 4.04. The van der Waals surface area contributed by atoms with Crippen molar-refractivity contribution in [2.24, 2.45) is 7.05 Å². The Balaban J connectivity index is 1.70. The number of aryl methyl sites for hydroxylation is 1. The van der Waals surface area contributed by atoms with Crippen molar-refractivity contribution in [1.29, 1.82) is 0 Å². The van der Waals surface area contributed by atoms with Gasteiger partial charge in [0.2, 0.25) is 0 Å². The first-order chi connectivity index (χ1) is 6.86. The minimum Gasteiger partial charge on any atom is -0.374 e. The maximum absolute atomic E-state index is 5.62. The van der Waals surface area contributed by atoms with Crippen LogP contribution in [0.4, 0.5) is 0 Å². The fourth-order valence-corrected chi connectivity index (χ4v) is 1.73. The fourth-order valence-electron chi connectivity index (χ4n) is 1.73. The summed E-state index contributed by atoms with van der Waals surface area (Å²) in [5.41, 5.74) is 1.13. The predicted octanol–water partition coefficient (Wildman–Crippen LogP) is 0.689. The number of ether oxygens (including phenoxy) is 1. The lowest BCUT2D eigenvalue weighted by atomic mass is 10.2. The van der Waals surface area contributed by atoms with Gasteiger partial charge in [0, 0.05) is 13.1 Å². The Hall–Kier alpha value is -0.870. The van der Waals surface area contributed by atoms with Gasteiger partial charge < -0.3 is 14.6 Å². The van der Waals surface area contributed by atoms with Crippen molar-refractivity contribution < 1.29 is 4.74 Å². The van der Waals surface area contributed by atoms with Crippen LogP contribution in [0.5, 0.6) is 0 Å². The van der Waals surface area contributed by atoms with Crippen LogP contribution in [-0.4, -0.2) is 28.7 Å². The van der Waals surface area contributed by atoms with Crippen LogP contribution in [0.3, 0.4) is 0 Å². The van der Waals surface area contributed by atoms with Gasteiger partial charge in [-0.05, 0) is 19.4 Å². The Kier molecular flexibility index (Phi) is 3.16. The van der Waals surface area contributed by atoms with Crippen LogP contribution >= 0.6 is 0 Å². The lowest BCUT2D eigenvalue weighted by Gasteiger charge is -2.10. The van der Waals surface area contributed by atoms with Crippen LogP contribution in [0.1, 0.15) is 18.5 Å². The molecule has 1 atom stereocenters. The highest BCUT2D eigenvalue weighted by molar-refractivity contribution is 4.95. The molecule has 2 rings (SSSR count). The van der Waals surface area contributed by atoms with E-state index in [0.717, 1.165) is 18.8 Å². The molecule has 1 aromatic heterocycles. The van der Waals surface area contributed by atoms with Crippen molar-refractivity contribution in [3.63, 3.8) is 0 Å². The topological polar surface area (TPSA) is 39.1 Å². The molecule has 0 aliphatic carbocycles. The fraction of sp³-hybridized carbons (Fsp3) is 0.700. The number of hydrogen-bond donors (Lipinski definition) is 1. The Labute approximate surface area is 84.3 Å². The Morgan fingerprint density at radius 1 is 1.71 bits per heavy atom. The van der Waals surface area contributed by atoms with Gasteiger partial charge in [-0.2, -0.15) is 0 Å². The van der Waals surface area contributed by atoms with Crippen LogP contribution in [0, 0.1) is 0 Å². The summed E-state index contributed by atoms with van der Waals surface area (Å²) in [6.07, 6.45) is 6.17. The minimum absolute atomic E-state index is 0.559. The molecule has 0 bridgehead atoms. The van der Waals surface area contributed by atoms with Crippen molar-refractivity contribution in [3.05, 3.63) is 18.2 Å². The largest absolute Gasteiger partial charge is 0.374 e. The van der Waals surface area contributed by atoms with Gasteiger partial charge in [0.15, 0.2) is 0 Å². The van der Waals surface area contributed by atoms with E-state index in [0.29, 0.717) is 12.6 Å². The zero-order chi connectivity index (χ0) is 9.80. The van der Waals surface area contributed by atoms with E-state index in [1.807, 2.05) is 17.8 Å². The maximum atomic E-state index is 5.62. The average Bonchev–Trinajstić information content (AvgIpc) is 2.78. The summed E-state index contributed by atoms with van der Waals surface area (Å²) in [5, 5.41) is 3.40. The van der Waals surface area contributed by atoms with Gasteiger partial charge >= 0.3 is 0 Å². The third kappa shape index (κ3) is 2.33. The first-order valence-electron chi connectivity index (χ1n) is 5.12. The second-order valence-electron chi connectivity index (χ2n) is 3.80. The van der Waals surface area contributed by atoms with E-state index in [1.165, 1.54) is 12.8 Å². The van der Waals surface area contributed by atoms with E-state index in [-0.39, 0.29) is 0 Å². The van der Waals surface area contributed by atoms with Gasteiger partial charge in [-0.1, -0.05) is 0 Å². The highest BCUT2D eigenvalue weighted by atomic mass is 16.5. The maximum Gasteiger partial charge on any atom is 0.0946 e. The molecule has 1 aliphatic heterocycles. The number of imidazole rings is 1. The van der Waals surface area contributed by atoms with Gasteiger partial charge in [0.1, 0.15) is 0 Å². The quantitative estimate of drug-likeness (QED) is 0.768. The van der Waals surface area contributed by atoms with Gasteiger partial charge in [0.25, 0.3) is 0 Å². The molecule has 1 fully saturated rings. The first-order valence-corrected chi connectivity index (χ1v) is 5.12. The Morgan fingerprint density at radius 2 is 2.64 bits per heavy atom. The number of aromatic nitrogens is 2. The SMILES string of the molecule is Cn1cncc1COCC1CCCN1. The monoisotopic (exact) mass is 195 g/mol. The van der Waals surface area contributed by atoms with E-state index < -0.39 is 0 Å². The molecule has 1 aromatic rings. The third-order valence-electron chi connectivity index (χ3n) is 2.65. The highest BCUT2D eigenvalue weighted by Gasteiger charge is 2.13. The van der Waals surface area contributed by atoms with Gasteiger partial charge in [-0.3, -0.25) is 0 Å². The second-order valence-corrected chi connectivity index (χ2v) is 3.80. The van der Waals surface area contributed by atoms with Crippen molar-refractivity contribution in [2.45, 2.75) is 25.5 Å². The normalized spacial score (nSPS) is 21.6. The lowest BCUT2D eigenvalue weighted by Crippen LogP contribution is -2.26. The smallest absolute Gasteiger partial charge is 0.0946 e. The highest BCUT2D eigenvalue weighted by Crippen LogP contribution is 2.06. The molecule has 4 heteroatoms. The van der Waals surface area contributed by atoms with Crippen LogP contribution in [0.15, 0.2) is 12.5 Å². The van der Waals surface area contributed by atoms with Crippen LogP contribution in [-0.2, 0) is 18.4 Å². The minimum atomic E-state index is 0.559. The van der Waals surface area contributed by atoms with Crippen molar-refractivity contribution in [2.75, 3.05) is 13.2 Å². The van der Waals surface area contributed by atoms with Crippen LogP contribution in [0.25, 0.3) is 0 Å². The second kappa shape index (κ2) is 4.57. The van der Waals surface area contributed by atoms with E-state index >= 15 is 0 Å². The molecule has 78 valence electrons. The molecule has 0 saturated carbocycles. The van der Waals surface area contributed by atoms with Crippen LogP contribution < -0.4 is 5.32 Å². The number of nitrogens with zero attached hydrogens (tertiary/aromatic N) is 2. The average molecular weight is 195 g/mol. The molecule has 0 amide bonds. The number of nitrogens with one attached hydrogen (secondary N) is 1. The van der Waals surface area contributed by atoms with Gasteiger partial charge in [-0.15, -0.1) is 0 Å². The molecular weight excluding hydrogens is 178 g/mol. The molecule has 1 N–H and O–H groups in total. The van der Waals surface area contributed by atoms with Crippen molar-refractivity contribution in [1.82, 2.24) is 14.9 Å². The molecule has 1 aliphatic rings. The first kappa shape index (κ1) is 9.68. The number of rotatable bonds is 4. The zero-order valence-corrected chi connectivity index (χ0v) is 8.57. The Morgan fingerprint density at radius 3 is 3.29 bits per heavy atom. The van der Waals surface area contributed by atoms with Gasteiger partial charge in [0.05, 0.1) is 31.4 Å². The van der Waals surface area contributed by atoms with E-state index in [9.17, 15) is 0 Å². The standard InChI is InChI=1S/C10H17N3O/c1-13-8-11-5-10(13)7-14-6-9-3-2-4-12-9/h5,8-9,12H,2-4,6-7H2,1H3. The number of hydrogen-bond acceptors (Lipinski definition) is 3. The molecule has 4 nitrogen and oxygen atoms in total. The summed E-state index contributed by atoms with van der Waals surface area (Å²) in [6, 6.07) is 0.559. The predicted molar refractivity (Wildman–Crippen MR) is 53.9 cm³/mol. The molecule has 0 aromatic carbocycles. The summed E-state index contributed by atoms with van der Waals surface area (Å²) < 4.78 is 7.61. The van der Waals surface area contributed by atoms with Crippen LogP contribution in [0.2, 0.25) is 0 Å². The van der Waals surface area contributed by atoms with Crippen molar-refractivity contribution in [3.8, 4) is 0 Å². The van der Waals surface area contributed by atoms with Gasteiger partial charge in [-0.25, -0.2) is 4.98 Å². The third-order valence-corrected chi connectivity index (χ3v) is 2.65. The lowest BCUT2D eigenvalue weighted by molar-refractivity contribution is 0.0993. The summed E-state index contributed by atoms with van der Waals surface area (Å²) in [5.74, 6) is 0. The molecule has 2 heterocycles.